The van der Waals surface area contributed by atoms with E-state index in [0.29, 0.717) is 5.75 Å². The molecule has 1 rings (SSSR count). The Morgan fingerprint density at radius 2 is 2.24 bits per heavy atom. The van der Waals surface area contributed by atoms with Crippen LogP contribution >= 0.6 is 11.8 Å². The average Bonchev–Trinajstić information content (AvgIpc) is 2.43. The maximum Gasteiger partial charge on any atom is 0.363 e. The monoisotopic (exact) mass is 335 g/mol. The van der Waals surface area contributed by atoms with Gasteiger partial charge in [-0.1, -0.05) is 0 Å². The summed E-state index contributed by atoms with van der Waals surface area (Å²) in [5.74, 6) is -1.31. The molecule has 0 radical (unpaired) electrons. The van der Waals surface area contributed by atoms with Gasteiger partial charge in [-0.25, -0.2) is 8.42 Å². The van der Waals surface area contributed by atoms with E-state index in [9.17, 15) is 23.3 Å². The van der Waals surface area contributed by atoms with Gasteiger partial charge in [-0.05, 0) is 34.4 Å². The third-order valence-electron chi connectivity index (χ3n) is 2.42. The largest absolute Gasteiger partial charge is 0.480 e. The van der Waals surface area contributed by atoms with E-state index < -0.39 is 32.8 Å². The van der Waals surface area contributed by atoms with Crippen LogP contribution in [-0.4, -0.2) is 47.5 Å². The molecule has 1 atom stereocenters. The normalized spacial score (nSPS) is 12.8. The quantitative estimate of drug-likeness (QED) is 0.516. The molecule has 0 aliphatic rings. The molecule has 2 N–H and O–H groups in total. The van der Waals surface area contributed by atoms with Crippen LogP contribution in [0.1, 0.15) is 6.42 Å². The summed E-state index contributed by atoms with van der Waals surface area (Å²) >= 11 is 1.39. The highest BCUT2D eigenvalue weighted by atomic mass is 32.2. The number of pyridine rings is 1. The minimum Gasteiger partial charge on any atom is -0.480 e. The number of nitrogens with one attached hydrogen (secondary N) is 1. The van der Waals surface area contributed by atoms with E-state index in [1.165, 1.54) is 11.8 Å². The Balaban J connectivity index is 2.93. The molecular weight excluding hydrogens is 322 g/mol. The molecule has 0 bridgehead atoms. The molecule has 0 aliphatic carbocycles. The minimum absolute atomic E-state index is 0.121. The van der Waals surface area contributed by atoms with Gasteiger partial charge in [-0.15, -0.1) is 0 Å². The van der Waals surface area contributed by atoms with Gasteiger partial charge in [0.25, 0.3) is 0 Å². The Morgan fingerprint density at radius 3 is 2.67 bits per heavy atom. The van der Waals surface area contributed by atoms with Crippen molar-refractivity contribution in [1.29, 1.82) is 0 Å². The molecule has 21 heavy (non-hydrogen) atoms. The first kappa shape index (κ1) is 17.3. The summed E-state index contributed by atoms with van der Waals surface area (Å²) in [5.41, 5.74) is 0. The number of hydrogen-bond donors (Lipinski definition) is 2. The van der Waals surface area contributed by atoms with E-state index in [2.05, 4.69) is 4.98 Å². The first-order valence-corrected chi connectivity index (χ1v) is 8.50. The number of aliphatic carboxylic acids is 1. The summed E-state index contributed by atoms with van der Waals surface area (Å²) < 4.78 is 26.0. The molecule has 1 heterocycles. The van der Waals surface area contributed by atoms with Crippen LogP contribution in [-0.2, 0) is 14.8 Å². The molecule has 0 unspecified atom stereocenters. The molecule has 0 spiro atoms. The Bertz CT molecular complexity index is 616. The number of carboxylic acid groups (broad SMARTS) is 1. The molecular formula is C10H13N3O6S2. The van der Waals surface area contributed by atoms with Crippen LogP contribution in [0, 0.1) is 10.1 Å². The molecule has 0 fully saturated rings. The van der Waals surface area contributed by atoms with Crippen molar-refractivity contribution in [1.82, 2.24) is 9.71 Å². The highest BCUT2D eigenvalue weighted by molar-refractivity contribution is 7.98. The lowest BCUT2D eigenvalue weighted by atomic mass is 10.2. The van der Waals surface area contributed by atoms with E-state index in [-0.39, 0.29) is 11.3 Å². The van der Waals surface area contributed by atoms with Gasteiger partial charge < -0.3 is 15.2 Å². The van der Waals surface area contributed by atoms with Crippen LogP contribution in [0.2, 0.25) is 0 Å². The van der Waals surface area contributed by atoms with Crippen LogP contribution in [0.3, 0.4) is 0 Å². The predicted octanol–water partition coefficient (Wildman–Crippen LogP) is 0.474. The van der Waals surface area contributed by atoms with Gasteiger partial charge in [0.2, 0.25) is 10.0 Å². The van der Waals surface area contributed by atoms with Crippen molar-refractivity contribution in [3.8, 4) is 0 Å². The second-order valence-electron chi connectivity index (χ2n) is 3.90. The molecule has 0 aliphatic heterocycles. The molecule has 0 aromatic carbocycles. The Hall–Kier alpha value is -1.72. The minimum atomic E-state index is -4.10. The molecule has 116 valence electrons. The Labute approximate surface area is 125 Å². The molecule has 0 saturated heterocycles. The SMILES string of the molecule is CSCC[C@@H](NS(=O)(=O)c1ccc([N+](=O)[O-])nc1)C(=O)O. The van der Waals surface area contributed by atoms with Crippen molar-refractivity contribution in [2.24, 2.45) is 0 Å². The highest BCUT2D eigenvalue weighted by Crippen LogP contribution is 2.13. The second kappa shape index (κ2) is 7.33. The summed E-state index contributed by atoms with van der Waals surface area (Å²) in [4.78, 5) is 23.8. The van der Waals surface area contributed by atoms with Gasteiger partial charge in [0.1, 0.15) is 10.9 Å². The Morgan fingerprint density at radius 1 is 1.57 bits per heavy atom. The lowest BCUT2D eigenvalue weighted by molar-refractivity contribution is -0.389. The van der Waals surface area contributed by atoms with Crippen LogP contribution in [0.25, 0.3) is 0 Å². The van der Waals surface area contributed by atoms with Crippen molar-refractivity contribution in [2.75, 3.05) is 12.0 Å². The van der Waals surface area contributed by atoms with E-state index >= 15 is 0 Å². The predicted molar refractivity (Wildman–Crippen MR) is 75.6 cm³/mol. The first-order valence-electron chi connectivity index (χ1n) is 5.62. The van der Waals surface area contributed by atoms with Crippen LogP contribution in [0.5, 0.6) is 0 Å². The molecule has 1 aromatic heterocycles. The number of carboxylic acids is 1. The third kappa shape index (κ3) is 4.95. The third-order valence-corrected chi connectivity index (χ3v) is 4.53. The zero-order valence-corrected chi connectivity index (χ0v) is 12.6. The number of carbonyl (C=O) groups is 1. The summed E-state index contributed by atoms with van der Waals surface area (Å²) in [6.07, 6.45) is 2.71. The number of nitro groups is 1. The fourth-order valence-electron chi connectivity index (χ4n) is 1.36. The number of rotatable bonds is 8. The van der Waals surface area contributed by atoms with Crippen LogP contribution < -0.4 is 4.72 Å². The van der Waals surface area contributed by atoms with Crippen molar-refractivity contribution < 1.29 is 23.2 Å². The number of thioether (sulfide) groups is 1. The number of sulfonamides is 1. The Kier molecular flexibility index (Phi) is 6.05. The topological polar surface area (TPSA) is 140 Å². The number of aromatic nitrogens is 1. The fraction of sp³-hybridized carbons (Fsp3) is 0.400. The lowest BCUT2D eigenvalue weighted by Gasteiger charge is -2.13. The van der Waals surface area contributed by atoms with Crippen LogP contribution in [0.4, 0.5) is 5.82 Å². The maximum absolute atomic E-state index is 12.0. The van der Waals surface area contributed by atoms with Gasteiger partial charge in [-0.3, -0.25) is 4.79 Å². The average molecular weight is 335 g/mol. The van der Waals surface area contributed by atoms with Crippen molar-refractivity contribution >= 4 is 33.6 Å². The molecule has 0 saturated carbocycles. The number of nitrogens with zero attached hydrogens (tertiary/aromatic N) is 2. The zero-order chi connectivity index (χ0) is 16.0. The molecule has 1 aromatic rings. The van der Waals surface area contributed by atoms with E-state index in [1.807, 2.05) is 4.72 Å². The lowest BCUT2D eigenvalue weighted by Crippen LogP contribution is -2.41. The summed E-state index contributed by atoms with van der Waals surface area (Å²) in [6.45, 7) is 0. The second-order valence-corrected chi connectivity index (χ2v) is 6.60. The molecule has 9 nitrogen and oxygen atoms in total. The first-order chi connectivity index (χ1) is 9.77. The summed E-state index contributed by atoms with van der Waals surface area (Å²) in [6, 6.07) is 0.672. The van der Waals surface area contributed by atoms with Crippen molar-refractivity contribution in [3.05, 3.63) is 28.4 Å². The van der Waals surface area contributed by atoms with Crippen molar-refractivity contribution in [3.63, 3.8) is 0 Å². The van der Waals surface area contributed by atoms with Crippen LogP contribution in [0.15, 0.2) is 23.2 Å². The van der Waals surface area contributed by atoms with Gasteiger partial charge in [0.05, 0.1) is 0 Å². The highest BCUT2D eigenvalue weighted by Gasteiger charge is 2.26. The molecule has 0 amide bonds. The summed E-state index contributed by atoms with van der Waals surface area (Å²) in [7, 11) is -4.10. The smallest absolute Gasteiger partial charge is 0.363 e. The van der Waals surface area contributed by atoms with E-state index in [1.54, 1.807) is 6.26 Å². The standard InChI is InChI=1S/C10H13N3O6S2/c1-20-5-4-8(10(14)15)12-21(18,19)7-2-3-9(11-6-7)13(16)17/h2-3,6,8,12H,4-5H2,1H3,(H,14,15)/t8-/m1/s1. The summed E-state index contributed by atoms with van der Waals surface area (Å²) in [5, 5.41) is 19.4. The maximum atomic E-state index is 12.0. The number of hydrogen-bond acceptors (Lipinski definition) is 7. The zero-order valence-electron chi connectivity index (χ0n) is 10.9. The van der Waals surface area contributed by atoms with Gasteiger partial charge in [-0.2, -0.15) is 16.5 Å². The van der Waals surface area contributed by atoms with E-state index in [4.69, 9.17) is 5.11 Å². The van der Waals surface area contributed by atoms with Gasteiger partial charge in [0.15, 0.2) is 6.20 Å². The van der Waals surface area contributed by atoms with Gasteiger partial charge >= 0.3 is 11.8 Å². The van der Waals surface area contributed by atoms with E-state index in [0.717, 1.165) is 18.3 Å². The molecule has 11 heteroatoms. The fourth-order valence-corrected chi connectivity index (χ4v) is 3.00. The van der Waals surface area contributed by atoms with Gasteiger partial charge in [0, 0.05) is 6.07 Å². The van der Waals surface area contributed by atoms with Crippen molar-refractivity contribution in [2.45, 2.75) is 17.4 Å².